The van der Waals surface area contributed by atoms with E-state index in [1.807, 2.05) is 24.3 Å². The molecule has 2 aromatic rings. The molecule has 0 aliphatic carbocycles. The topological polar surface area (TPSA) is 68.2 Å². The number of rotatable bonds is 6. The summed E-state index contributed by atoms with van der Waals surface area (Å²) in [7, 11) is 1.50. The smallest absolute Gasteiger partial charge is 0.492 e. The van der Waals surface area contributed by atoms with E-state index in [1.54, 1.807) is 19.2 Å². The number of hydrogen-bond acceptors (Lipinski definition) is 5. The van der Waals surface area contributed by atoms with Gasteiger partial charge in [-0.3, -0.25) is 0 Å². The van der Waals surface area contributed by atoms with E-state index in [-0.39, 0.29) is 5.46 Å². The van der Waals surface area contributed by atoms with Gasteiger partial charge in [0.2, 0.25) is 0 Å². The zero-order valence-corrected chi connectivity index (χ0v) is 11.9. The van der Waals surface area contributed by atoms with Crippen LogP contribution in [-0.4, -0.2) is 31.4 Å². The van der Waals surface area contributed by atoms with E-state index in [0.29, 0.717) is 18.1 Å². The maximum absolute atomic E-state index is 9.39. The van der Waals surface area contributed by atoms with E-state index in [4.69, 9.17) is 14.2 Å². The van der Waals surface area contributed by atoms with Gasteiger partial charge in [-0.25, -0.2) is 0 Å². The monoisotopic (exact) mass is 288 g/mol. The van der Waals surface area contributed by atoms with Crippen molar-refractivity contribution in [2.75, 3.05) is 14.2 Å². The van der Waals surface area contributed by atoms with E-state index < -0.39 is 7.12 Å². The Hall–Kier alpha value is -2.18. The van der Waals surface area contributed by atoms with Gasteiger partial charge in [0.1, 0.15) is 23.9 Å². The molecule has 6 heteroatoms. The highest BCUT2D eigenvalue weighted by Gasteiger charge is 2.18. The van der Waals surface area contributed by atoms with E-state index in [9.17, 15) is 10.0 Å². The summed E-state index contributed by atoms with van der Waals surface area (Å²) in [6.45, 7) is 0.316. The molecular formula is C15H17BO5. The van der Waals surface area contributed by atoms with Crippen LogP contribution in [0.2, 0.25) is 0 Å². The molecule has 0 radical (unpaired) electrons. The molecule has 0 aliphatic heterocycles. The molecule has 110 valence electrons. The van der Waals surface area contributed by atoms with E-state index in [2.05, 4.69) is 0 Å². The van der Waals surface area contributed by atoms with Crippen LogP contribution in [0.25, 0.3) is 0 Å². The Morgan fingerprint density at radius 1 is 0.905 bits per heavy atom. The van der Waals surface area contributed by atoms with Crippen molar-refractivity contribution in [2.45, 2.75) is 6.61 Å². The lowest BCUT2D eigenvalue weighted by Crippen LogP contribution is -2.31. The fraction of sp³-hybridized carbons (Fsp3) is 0.200. The fourth-order valence-electron chi connectivity index (χ4n) is 1.87. The van der Waals surface area contributed by atoms with Crippen molar-refractivity contribution in [3.8, 4) is 17.2 Å². The number of ether oxygens (including phenoxy) is 3. The van der Waals surface area contributed by atoms with Crippen LogP contribution in [0, 0.1) is 0 Å². The van der Waals surface area contributed by atoms with Crippen molar-refractivity contribution >= 4 is 12.6 Å². The first-order chi connectivity index (χ1) is 10.1. The molecule has 2 rings (SSSR count). The van der Waals surface area contributed by atoms with Gasteiger partial charge >= 0.3 is 7.12 Å². The molecule has 5 nitrogen and oxygen atoms in total. The Kier molecular flexibility index (Phi) is 5.08. The molecule has 0 atom stereocenters. The normalized spacial score (nSPS) is 10.1. The number of benzene rings is 2. The zero-order chi connectivity index (χ0) is 15.2. The Morgan fingerprint density at radius 2 is 1.52 bits per heavy atom. The Morgan fingerprint density at radius 3 is 2.10 bits per heavy atom. The third-order valence-electron chi connectivity index (χ3n) is 3.05. The van der Waals surface area contributed by atoms with Crippen molar-refractivity contribution in [1.82, 2.24) is 0 Å². The van der Waals surface area contributed by atoms with Crippen molar-refractivity contribution in [1.29, 1.82) is 0 Å². The average molecular weight is 288 g/mol. The van der Waals surface area contributed by atoms with Gasteiger partial charge in [-0.05, 0) is 35.9 Å². The van der Waals surface area contributed by atoms with Gasteiger partial charge in [-0.1, -0.05) is 12.1 Å². The third-order valence-corrected chi connectivity index (χ3v) is 3.05. The van der Waals surface area contributed by atoms with Crippen LogP contribution < -0.4 is 19.7 Å². The molecule has 0 bridgehead atoms. The highest BCUT2D eigenvalue weighted by molar-refractivity contribution is 6.59. The second-order valence-electron chi connectivity index (χ2n) is 4.41. The van der Waals surface area contributed by atoms with Gasteiger partial charge < -0.3 is 24.3 Å². The van der Waals surface area contributed by atoms with Gasteiger partial charge in [0.15, 0.2) is 0 Å². The lowest BCUT2D eigenvalue weighted by molar-refractivity contribution is 0.305. The summed E-state index contributed by atoms with van der Waals surface area (Å²) < 4.78 is 15.8. The van der Waals surface area contributed by atoms with Crippen LogP contribution in [0.1, 0.15) is 5.56 Å². The minimum Gasteiger partial charge on any atom is -0.497 e. The standard InChI is InChI=1S/C15H17BO5/c1-19-12-5-3-11(4-6-12)10-21-15-8-7-13(20-2)9-14(15)16(17)18/h3-9,17-18H,10H2,1-2H3. The summed E-state index contributed by atoms with van der Waals surface area (Å²) in [5.74, 6) is 1.71. The Bertz CT molecular complexity index is 583. The second kappa shape index (κ2) is 7.01. The molecular weight excluding hydrogens is 271 g/mol. The van der Waals surface area contributed by atoms with Crippen molar-refractivity contribution in [3.63, 3.8) is 0 Å². The van der Waals surface area contributed by atoms with Crippen LogP contribution in [0.15, 0.2) is 42.5 Å². The lowest BCUT2D eigenvalue weighted by atomic mass is 9.79. The first-order valence-electron chi connectivity index (χ1n) is 6.44. The second-order valence-corrected chi connectivity index (χ2v) is 4.41. The average Bonchev–Trinajstić information content (AvgIpc) is 2.53. The molecule has 0 saturated heterocycles. The molecule has 2 aromatic carbocycles. The summed E-state index contributed by atoms with van der Waals surface area (Å²) in [5.41, 5.74) is 1.22. The van der Waals surface area contributed by atoms with Crippen molar-refractivity contribution in [3.05, 3.63) is 48.0 Å². The highest BCUT2D eigenvalue weighted by atomic mass is 16.5. The van der Waals surface area contributed by atoms with Gasteiger partial charge in [0, 0.05) is 5.46 Å². The molecule has 0 unspecified atom stereocenters. The van der Waals surface area contributed by atoms with Gasteiger partial charge in [-0.2, -0.15) is 0 Å². The third kappa shape index (κ3) is 3.90. The van der Waals surface area contributed by atoms with Crippen LogP contribution in [-0.2, 0) is 6.61 Å². The number of hydrogen-bond donors (Lipinski definition) is 2. The minimum atomic E-state index is -1.62. The Labute approximate surface area is 123 Å². The van der Waals surface area contributed by atoms with Gasteiger partial charge in [0.05, 0.1) is 14.2 Å². The van der Waals surface area contributed by atoms with Crippen LogP contribution >= 0.6 is 0 Å². The zero-order valence-electron chi connectivity index (χ0n) is 11.9. The molecule has 0 heterocycles. The quantitative estimate of drug-likeness (QED) is 0.775. The number of methoxy groups -OCH3 is 2. The molecule has 0 aromatic heterocycles. The fourth-order valence-corrected chi connectivity index (χ4v) is 1.87. The van der Waals surface area contributed by atoms with Crippen LogP contribution in [0.4, 0.5) is 0 Å². The molecule has 0 amide bonds. The van der Waals surface area contributed by atoms with Gasteiger partial charge in [-0.15, -0.1) is 0 Å². The lowest BCUT2D eigenvalue weighted by Gasteiger charge is -2.12. The SMILES string of the molecule is COc1ccc(COc2ccc(OC)cc2B(O)O)cc1. The summed E-state index contributed by atoms with van der Waals surface area (Å²) in [4.78, 5) is 0. The first kappa shape index (κ1) is 15.2. The van der Waals surface area contributed by atoms with Crippen molar-refractivity contribution in [2.24, 2.45) is 0 Å². The minimum absolute atomic E-state index is 0.267. The van der Waals surface area contributed by atoms with E-state index in [1.165, 1.54) is 13.2 Å². The van der Waals surface area contributed by atoms with E-state index in [0.717, 1.165) is 11.3 Å². The summed E-state index contributed by atoms with van der Waals surface area (Å²) in [6, 6.07) is 12.3. The van der Waals surface area contributed by atoms with E-state index >= 15 is 0 Å². The summed E-state index contributed by atoms with van der Waals surface area (Å²) in [5, 5.41) is 18.8. The highest BCUT2D eigenvalue weighted by Crippen LogP contribution is 2.18. The van der Waals surface area contributed by atoms with Crippen LogP contribution in [0.5, 0.6) is 17.2 Å². The predicted octanol–water partition coefficient (Wildman–Crippen LogP) is 0.963. The summed E-state index contributed by atoms with van der Waals surface area (Å²) >= 11 is 0. The summed E-state index contributed by atoms with van der Waals surface area (Å²) in [6.07, 6.45) is 0. The Balaban J connectivity index is 2.11. The molecule has 0 spiro atoms. The van der Waals surface area contributed by atoms with Gasteiger partial charge in [0.25, 0.3) is 0 Å². The molecule has 0 fully saturated rings. The van der Waals surface area contributed by atoms with Crippen molar-refractivity contribution < 1.29 is 24.3 Å². The van der Waals surface area contributed by atoms with Crippen LogP contribution in [0.3, 0.4) is 0 Å². The molecule has 2 N–H and O–H groups in total. The molecule has 0 saturated carbocycles. The maximum Gasteiger partial charge on any atom is 0.492 e. The molecule has 21 heavy (non-hydrogen) atoms. The molecule has 0 aliphatic rings. The predicted molar refractivity (Wildman–Crippen MR) is 80.1 cm³/mol. The maximum atomic E-state index is 9.39. The first-order valence-corrected chi connectivity index (χ1v) is 6.44. The largest absolute Gasteiger partial charge is 0.497 e.